The van der Waals surface area contributed by atoms with E-state index < -0.39 is 77.3 Å². The van der Waals surface area contributed by atoms with Crippen LogP contribution in [-0.4, -0.2) is 85.0 Å². The van der Waals surface area contributed by atoms with Gasteiger partial charge in [-0.05, 0) is 71.8 Å². The zero-order valence-corrected chi connectivity index (χ0v) is 27.9. The summed E-state index contributed by atoms with van der Waals surface area (Å²) in [6.45, 7) is -0.667. The first-order chi connectivity index (χ1) is 25.9. The maximum absolute atomic E-state index is 13.8. The SMILES string of the molecule is O=C(/C=C\c1ccc(O)cc1)OC[C@H]1O[C@@H](Oc2c(-c3ccc(O)cc3)oc3cc(O)cc(O)c3c2=O)[C@H](O)[C@@H](O)[C@@H]1OC(=O)/C=C/c1ccc(O)cc1. The van der Waals surface area contributed by atoms with Crippen molar-refractivity contribution in [3.8, 4) is 45.8 Å². The van der Waals surface area contributed by atoms with Crippen molar-refractivity contribution < 1.29 is 68.7 Å². The van der Waals surface area contributed by atoms with Crippen LogP contribution in [0.5, 0.6) is 34.5 Å². The predicted octanol–water partition coefficient (Wildman–Crippen LogP) is 3.70. The molecule has 0 amide bonds. The van der Waals surface area contributed by atoms with E-state index in [1.165, 1.54) is 72.8 Å². The Morgan fingerprint density at radius 1 is 0.704 bits per heavy atom. The van der Waals surface area contributed by atoms with Gasteiger partial charge in [-0.2, -0.15) is 0 Å². The molecule has 6 rings (SSSR count). The molecule has 278 valence electrons. The van der Waals surface area contributed by atoms with Gasteiger partial charge in [-0.1, -0.05) is 24.3 Å². The van der Waals surface area contributed by atoms with Gasteiger partial charge in [-0.3, -0.25) is 4.79 Å². The first kappa shape index (κ1) is 37.0. The third-order valence-corrected chi connectivity index (χ3v) is 8.17. The van der Waals surface area contributed by atoms with Crippen molar-refractivity contribution >= 4 is 35.1 Å². The number of aromatic hydroxyl groups is 5. The minimum atomic E-state index is -2.01. The van der Waals surface area contributed by atoms with Crippen LogP contribution in [0, 0.1) is 0 Å². The number of phenols is 5. The van der Waals surface area contributed by atoms with Gasteiger partial charge in [0.25, 0.3) is 0 Å². The Kier molecular flexibility index (Phi) is 10.8. The van der Waals surface area contributed by atoms with E-state index >= 15 is 0 Å². The number of carbonyl (C=O) groups excluding carboxylic acids is 2. The molecule has 1 aromatic heterocycles. The fraction of sp³-hybridized carbons (Fsp3) is 0.154. The summed E-state index contributed by atoms with van der Waals surface area (Å²) in [4.78, 5) is 39.5. The van der Waals surface area contributed by atoms with Crippen LogP contribution in [0.4, 0.5) is 0 Å². The normalized spacial score (nSPS) is 19.9. The Bertz CT molecular complexity index is 2260. The van der Waals surface area contributed by atoms with Gasteiger partial charge in [-0.25, -0.2) is 9.59 Å². The zero-order valence-electron chi connectivity index (χ0n) is 27.9. The molecule has 7 N–H and O–H groups in total. The summed E-state index contributed by atoms with van der Waals surface area (Å²) in [5, 5.41) is 71.5. The van der Waals surface area contributed by atoms with Crippen LogP contribution in [-0.2, 0) is 23.8 Å². The molecule has 5 aromatic rings. The van der Waals surface area contributed by atoms with Gasteiger partial charge in [0.1, 0.15) is 64.6 Å². The van der Waals surface area contributed by atoms with Crippen molar-refractivity contribution in [1.82, 2.24) is 0 Å². The molecule has 15 heteroatoms. The van der Waals surface area contributed by atoms with Crippen molar-refractivity contribution in [2.75, 3.05) is 6.61 Å². The van der Waals surface area contributed by atoms with Crippen LogP contribution in [0.2, 0.25) is 0 Å². The van der Waals surface area contributed by atoms with Gasteiger partial charge in [0.05, 0.1) is 0 Å². The van der Waals surface area contributed by atoms with E-state index in [-0.39, 0.29) is 34.2 Å². The number of aliphatic hydroxyl groups is 2. The largest absolute Gasteiger partial charge is 0.508 e. The Hall–Kier alpha value is -6.81. The van der Waals surface area contributed by atoms with E-state index in [0.717, 1.165) is 24.3 Å². The fourth-order valence-corrected chi connectivity index (χ4v) is 5.46. The second-order valence-electron chi connectivity index (χ2n) is 12.0. The molecule has 1 saturated heterocycles. The number of ether oxygens (including phenoxy) is 4. The standard InChI is InChI=1S/C39H32O15/c40-23-9-1-20(2-10-23)5-15-30(45)50-19-29-37(53-31(46)16-6-21-3-11-24(41)12-4-21)34(48)35(49)39(52-29)54-38-33(47)32-27(44)17-26(43)18-28(32)51-36(38)22-7-13-25(42)14-8-22/h1-18,29,34-35,37,39-44,48-49H,19H2/b15-5-,16-6+/t29-,34-,35-,37-,39+/m1/s1. The van der Waals surface area contributed by atoms with Gasteiger partial charge in [0, 0.05) is 29.8 Å². The molecule has 1 aliphatic heterocycles. The van der Waals surface area contributed by atoms with E-state index in [9.17, 15) is 50.1 Å². The topological polar surface area (TPSA) is 243 Å². The van der Waals surface area contributed by atoms with E-state index in [2.05, 4.69) is 0 Å². The first-order valence-electron chi connectivity index (χ1n) is 16.2. The van der Waals surface area contributed by atoms with Gasteiger partial charge in [-0.15, -0.1) is 0 Å². The summed E-state index contributed by atoms with van der Waals surface area (Å²) in [5.74, 6) is -3.95. The average molecular weight is 741 g/mol. The molecule has 2 heterocycles. The van der Waals surface area contributed by atoms with Crippen LogP contribution in [0.3, 0.4) is 0 Å². The Balaban J connectivity index is 1.30. The molecule has 0 bridgehead atoms. The maximum Gasteiger partial charge on any atom is 0.331 e. The highest BCUT2D eigenvalue weighted by Crippen LogP contribution is 2.38. The molecule has 0 radical (unpaired) electrons. The summed E-state index contributed by atoms with van der Waals surface area (Å²) in [6.07, 6.45) is -4.20. The number of hydrogen-bond acceptors (Lipinski definition) is 15. The number of esters is 2. The van der Waals surface area contributed by atoms with Crippen LogP contribution < -0.4 is 10.2 Å². The second kappa shape index (κ2) is 15.8. The molecule has 0 saturated carbocycles. The predicted molar refractivity (Wildman–Crippen MR) is 189 cm³/mol. The molecular formula is C39H32O15. The van der Waals surface area contributed by atoms with Crippen LogP contribution in [0.1, 0.15) is 11.1 Å². The van der Waals surface area contributed by atoms with Gasteiger partial charge < -0.3 is 59.1 Å². The highest BCUT2D eigenvalue weighted by Gasteiger charge is 2.49. The summed E-state index contributed by atoms with van der Waals surface area (Å²) in [5.41, 5.74) is 0.0313. The molecule has 0 aliphatic carbocycles. The zero-order chi connectivity index (χ0) is 38.5. The Morgan fingerprint density at radius 3 is 1.85 bits per heavy atom. The molecule has 4 aromatic carbocycles. The monoisotopic (exact) mass is 740 g/mol. The van der Waals surface area contributed by atoms with E-state index in [1.54, 1.807) is 12.1 Å². The Labute approximate surface area is 305 Å². The second-order valence-corrected chi connectivity index (χ2v) is 12.0. The van der Waals surface area contributed by atoms with Gasteiger partial charge in [0.15, 0.2) is 11.9 Å². The number of hydrogen-bond donors (Lipinski definition) is 7. The third kappa shape index (κ3) is 8.45. The molecule has 0 unspecified atom stereocenters. The molecule has 1 aliphatic rings. The number of rotatable bonds is 10. The highest BCUT2D eigenvalue weighted by atomic mass is 16.7. The number of phenolic OH excluding ortho intramolecular Hbond substituents is 5. The minimum Gasteiger partial charge on any atom is -0.508 e. The fourth-order valence-electron chi connectivity index (χ4n) is 5.46. The third-order valence-electron chi connectivity index (χ3n) is 8.17. The number of carbonyl (C=O) groups is 2. The van der Waals surface area contributed by atoms with Crippen LogP contribution in [0.15, 0.2) is 106 Å². The number of aliphatic hydroxyl groups excluding tert-OH is 2. The lowest BCUT2D eigenvalue weighted by atomic mass is 9.98. The molecule has 5 atom stereocenters. The number of fused-ring (bicyclic) bond motifs is 1. The lowest BCUT2D eigenvalue weighted by molar-refractivity contribution is -0.281. The molecular weight excluding hydrogens is 708 g/mol. The highest BCUT2D eigenvalue weighted by molar-refractivity contribution is 5.89. The minimum absolute atomic E-state index is 0.00556. The lowest BCUT2D eigenvalue weighted by Gasteiger charge is -2.41. The van der Waals surface area contributed by atoms with E-state index in [4.69, 9.17) is 23.4 Å². The van der Waals surface area contributed by atoms with E-state index in [1.807, 2.05) is 0 Å². The van der Waals surface area contributed by atoms with E-state index in [0.29, 0.717) is 11.1 Å². The molecule has 0 spiro atoms. The average Bonchev–Trinajstić information content (AvgIpc) is 3.14. The van der Waals surface area contributed by atoms with Crippen LogP contribution in [0.25, 0.3) is 34.4 Å². The smallest absolute Gasteiger partial charge is 0.331 e. The van der Waals surface area contributed by atoms with Crippen molar-refractivity contribution in [3.05, 3.63) is 118 Å². The molecule has 15 nitrogen and oxygen atoms in total. The van der Waals surface area contributed by atoms with Crippen LogP contribution >= 0.6 is 0 Å². The quantitative estimate of drug-likeness (QED) is 0.0798. The molecule has 1 fully saturated rings. The summed E-state index contributed by atoms with van der Waals surface area (Å²) < 4.78 is 28.4. The first-order valence-corrected chi connectivity index (χ1v) is 16.2. The molecule has 54 heavy (non-hydrogen) atoms. The van der Waals surface area contributed by atoms with Crippen molar-refractivity contribution in [2.24, 2.45) is 0 Å². The summed E-state index contributed by atoms with van der Waals surface area (Å²) in [7, 11) is 0. The summed E-state index contributed by atoms with van der Waals surface area (Å²) >= 11 is 0. The Morgan fingerprint density at radius 2 is 1.26 bits per heavy atom. The lowest BCUT2D eigenvalue weighted by Crippen LogP contribution is -2.61. The van der Waals surface area contributed by atoms with Gasteiger partial charge in [0.2, 0.25) is 17.5 Å². The van der Waals surface area contributed by atoms with Crippen molar-refractivity contribution in [2.45, 2.75) is 30.7 Å². The van der Waals surface area contributed by atoms with Crippen molar-refractivity contribution in [1.29, 1.82) is 0 Å². The van der Waals surface area contributed by atoms with Crippen molar-refractivity contribution in [3.63, 3.8) is 0 Å². The maximum atomic E-state index is 13.8. The number of benzene rings is 4. The summed E-state index contributed by atoms with van der Waals surface area (Å²) in [6, 6.07) is 19.1. The van der Waals surface area contributed by atoms with Gasteiger partial charge >= 0.3 is 11.9 Å².